The number of hydrogen-bond donors (Lipinski definition) is 2. The van der Waals surface area contributed by atoms with Crippen molar-refractivity contribution < 1.29 is 4.79 Å². The van der Waals surface area contributed by atoms with Gasteiger partial charge in [-0.25, -0.2) is 0 Å². The Morgan fingerprint density at radius 1 is 1.58 bits per heavy atom. The van der Waals surface area contributed by atoms with Gasteiger partial charge in [0.05, 0.1) is 6.54 Å². The summed E-state index contributed by atoms with van der Waals surface area (Å²) in [4.78, 5) is 12.9. The minimum Gasteiger partial charge on any atom is -0.351 e. The van der Waals surface area contributed by atoms with E-state index in [1.165, 1.54) is 24.2 Å². The Kier molecular flexibility index (Phi) is 4.28. The quantitative estimate of drug-likeness (QED) is 0.829. The molecule has 0 unspecified atom stereocenters. The third-order valence-electron chi connectivity index (χ3n) is 3.91. The molecule has 0 aliphatic heterocycles. The van der Waals surface area contributed by atoms with Crippen LogP contribution in [-0.2, 0) is 0 Å². The highest BCUT2D eigenvalue weighted by Gasteiger charge is 2.45. The second-order valence-corrected chi connectivity index (χ2v) is 6.29. The average molecular weight is 276 g/mol. The Hall–Kier alpha value is -1.31. The Balaban J connectivity index is 1.99. The van der Waals surface area contributed by atoms with Crippen LogP contribution in [0, 0.1) is 23.2 Å². The monoisotopic (exact) mass is 276 g/mol. The van der Waals surface area contributed by atoms with E-state index in [-0.39, 0.29) is 5.91 Å². The molecule has 102 valence electrons. The molecule has 0 atom stereocenters. The summed E-state index contributed by atoms with van der Waals surface area (Å²) >= 11 is 1.43. The molecule has 1 aromatic rings. The Morgan fingerprint density at radius 2 is 2.32 bits per heavy atom. The van der Waals surface area contributed by atoms with Crippen LogP contribution in [0.1, 0.15) is 41.9 Å². The standard InChI is InChI=1S/C15H20N2OS/c1-11(2)15(6-7-15)10-17-14(18)13-12(4-3-8-16)5-9-19-13/h5,9,11H,6-8,10,16H2,1-2H3,(H,17,18). The number of rotatable bonds is 4. The number of nitrogens with one attached hydrogen (secondary N) is 1. The lowest BCUT2D eigenvalue weighted by Gasteiger charge is -2.19. The van der Waals surface area contributed by atoms with Gasteiger partial charge in [0.15, 0.2) is 0 Å². The van der Waals surface area contributed by atoms with Crippen molar-refractivity contribution in [1.29, 1.82) is 0 Å². The lowest BCUT2D eigenvalue weighted by Crippen LogP contribution is -2.32. The van der Waals surface area contributed by atoms with Crippen LogP contribution in [0.2, 0.25) is 0 Å². The van der Waals surface area contributed by atoms with E-state index in [0.717, 1.165) is 12.1 Å². The molecular weight excluding hydrogens is 256 g/mol. The highest BCUT2D eigenvalue weighted by molar-refractivity contribution is 7.12. The van der Waals surface area contributed by atoms with Gasteiger partial charge in [0.1, 0.15) is 4.88 Å². The van der Waals surface area contributed by atoms with E-state index < -0.39 is 0 Å². The first-order chi connectivity index (χ1) is 9.09. The molecule has 4 heteroatoms. The van der Waals surface area contributed by atoms with Crippen LogP contribution in [0.5, 0.6) is 0 Å². The summed E-state index contributed by atoms with van der Waals surface area (Å²) in [6.07, 6.45) is 2.43. The van der Waals surface area contributed by atoms with Crippen molar-refractivity contribution in [3.05, 3.63) is 21.9 Å². The fourth-order valence-electron chi connectivity index (χ4n) is 2.19. The van der Waals surface area contributed by atoms with E-state index >= 15 is 0 Å². The highest BCUT2D eigenvalue weighted by atomic mass is 32.1. The number of carbonyl (C=O) groups excluding carboxylic acids is 1. The lowest BCUT2D eigenvalue weighted by molar-refractivity contribution is 0.0943. The summed E-state index contributed by atoms with van der Waals surface area (Å²) < 4.78 is 0. The SMILES string of the molecule is CC(C)C1(CNC(=O)c2sccc2C#CCN)CC1. The zero-order chi connectivity index (χ0) is 13.9. The van der Waals surface area contributed by atoms with Gasteiger partial charge in [0, 0.05) is 12.1 Å². The molecule has 0 saturated heterocycles. The molecular formula is C15H20N2OS. The van der Waals surface area contributed by atoms with Gasteiger partial charge in [-0.3, -0.25) is 4.79 Å². The predicted molar refractivity (Wildman–Crippen MR) is 79.1 cm³/mol. The van der Waals surface area contributed by atoms with Crippen molar-refractivity contribution in [3.8, 4) is 11.8 Å². The molecule has 0 radical (unpaired) electrons. The van der Waals surface area contributed by atoms with E-state index in [0.29, 0.717) is 22.8 Å². The molecule has 1 saturated carbocycles. The van der Waals surface area contributed by atoms with Crippen molar-refractivity contribution in [3.63, 3.8) is 0 Å². The molecule has 3 nitrogen and oxygen atoms in total. The molecule has 19 heavy (non-hydrogen) atoms. The molecule has 1 aliphatic carbocycles. The molecule has 0 spiro atoms. The fourth-order valence-corrected chi connectivity index (χ4v) is 2.95. The van der Waals surface area contributed by atoms with Gasteiger partial charge in [-0.05, 0) is 35.6 Å². The largest absolute Gasteiger partial charge is 0.351 e. The van der Waals surface area contributed by atoms with E-state index in [9.17, 15) is 4.79 Å². The number of carbonyl (C=O) groups is 1. The molecule has 1 aromatic heterocycles. The van der Waals surface area contributed by atoms with Crippen molar-refractivity contribution in [1.82, 2.24) is 5.32 Å². The first-order valence-electron chi connectivity index (χ1n) is 6.64. The normalized spacial score (nSPS) is 15.8. The molecule has 0 bridgehead atoms. The van der Waals surface area contributed by atoms with Crippen LogP contribution in [0.15, 0.2) is 11.4 Å². The van der Waals surface area contributed by atoms with E-state index in [4.69, 9.17) is 5.73 Å². The zero-order valence-electron chi connectivity index (χ0n) is 11.5. The fraction of sp³-hybridized carbons (Fsp3) is 0.533. The number of nitrogens with two attached hydrogens (primary N) is 1. The minimum absolute atomic E-state index is 0.0109. The van der Waals surface area contributed by atoms with E-state index in [1.54, 1.807) is 0 Å². The Morgan fingerprint density at radius 3 is 2.89 bits per heavy atom. The lowest BCUT2D eigenvalue weighted by atomic mass is 9.92. The van der Waals surface area contributed by atoms with Crippen LogP contribution in [-0.4, -0.2) is 19.0 Å². The minimum atomic E-state index is -0.0109. The molecule has 1 heterocycles. The predicted octanol–water partition coefficient (Wildman–Crippen LogP) is 2.22. The summed E-state index contributed by atoms with van der Waals surface area (Å²) in [6, 6.07) is 1.87. The van der Waals surface area contributed by atoms with Gasteiger partial charge in [-0.15, -0.1) is 11.3 Å². The molecule has 0 aromatic carbocycles. The maximum Gasteiger partial charge on any atom is 0.262 e. The number of hydrogen-bond acceptors (Lipinski definition) is 3. The molecule has 1 aliphatic rings. The molecule has 2 rings (SSSR count). The van der Waals surface area contributed by atoms with Gasteiger partial charge < -0.3 is 11.1 Å². The molecule has 1 fully saturated rings. The van der Waals surface area contributed by atoms with E-state index in [2.05, 4.69) is 31.0 Å². The highest BCUT2D eigenvalue weighted by Crippen LogP contribution is 2.51. The second-order valence-electron chi connectivity index (χ2n) is 5.37. The van der Waals surface area contributed by atoms with Crippen molar-refractivity contribution >= 4 is 17.2 Å². The maximum absolute atomic E-state index is 12.2. The Bertz CT molecular complexity index is 518. The van der Waals surface area contributed by atoms with Gasteiger partial charge >= 0.3 is 0 Å². The third kappa shape index (κ3) is 3.17. The van der Waals surface area contributed by atoms with Crippen molar-refractivity contribution in [2.75, 3.05) is 13.1 Å². The second kappa shape index (κ2) is 5.77. The van der Waals surface area contributed by atoms with Gasteiger partial charge in [0.2, 0.25) is 0 Å². The van der Waals surface area contributed by atoms with Crippen molar-refractivity contribution in [2.24, 2.45) is 17.1 Å². The number of thiophene rings is 1. The zero-order valence-corrected chi connectivity index (χ0v) is 12.3. The summed E-state index contributed by atoms with van der Waals surface area (Å²) in [5, 5.41) is 4.95. The van der Waals surface area contributed by atoms with Crippen molar-refractivity contribution in [2.45, 2.75) is 26.7 Å². The third-order valence-corrected chi connectivity index (χ3v) is 4.83. The van der Waals surface area contributed by atoms with Crippen LogP contribution in [0.25, 0.3) is 0 Å². The molecule has 3 N–H and O–H groups in total. The van der Waals surface area contributed by atoms with Gasteiger partial charge in [0.25, 0.3) is 5.91 Å². The maximum atomic E-state index is 12.2. The average Bonchev–Trinajstić information content (AvgIpc) is 3.05. The van der Waals surface area contributed by atoms with Gasteiger partial charge in [-0.2, -0.15) is 0 Å². The topological polar surface area (TPSA) is 55.1 Å². The smallest absolute Gasteiger partial charge is 0.262 e. The first kappa shape index (κ1) is 14.1. The van der Waals surface area contributed by atoms with Crippen LogP contribution >= 0.6 is 11.3 Å². The van der Waals surface area contributed by atoms with Crippen LogP contribution < -0.4 is 11.1 Å². The first-order valence-corrected chi connectivity index (χ1v) is 7.52. The van der Waals surface area contributed by atoms with Gasteiger partial charge in [-0.1, -0.05) is 25.7 Å². The summed E-state index contributed by atoms with van der Waals surface area (Å²) in [7, 11) is 0. The van der Waals surface area contributed by atoms with E-state index in [1.807, 2.05) is 11.4 Å². The Labute approximate surface area is 118 Å². The summed E-state index contributed by atoms with van der Waals surface area (Å²) in [5.41, 5.74) is 6.47. The van der Waals surface area contributed by atoms with Crippen LogP contribution in [0.4, 0.5) is 0 Å². The summed E-state index contributed by atoms with van der Waals surface area (Å²) in [5.74, 6) is 6.34. The summed E-state index contributed by atoms with van der Waals surface area (Å²) in [6.45, 7) is 5.53. The number of amides is 1. The van der Waals surface area contributed by atoms with Crippen LogP contribution in [0.3, 0.4) is 0 Å². The molecule has 1 amide bonds.